The summed E-state index contributed by atoms with van der Waals surface area (Å²) in [7, 11) is 0. The van der Waals surface area contributed by atoms with E-state index in [9.17, 15) is 0 Å². The van der Waals surface area contributed by atoms with E-state index in [0.29, 0.717) is 0 Å². The smallest absolute Gasteiger partial charge is 0.163 e. The highest BCUT2D eigenvalue weighted by Crippen LogP contribution is 2.29. The zero-order valence-corrected chi connectivity index (χ0v) is 17.5. The van der Waals surface area contributed by atoms with Gasteiger partial charge in [-0.05, 0) is 39.0 Å². The molecule has 0 bridgehead atoms. The SMILES string of the molecule is CC(C)(C)n1ncc2c(N3CCC(Oc4cccc(Br)c4)CC3)ncnc21. The standard InChI is InChI=1S/C20H24BrN5O/c1-20(2,3)26-19-17(12-24-26)18(22-13-23-19)25-9-7-15(8-10-25)27-16-6-4-5-14(21)11-16/h4-6,11-13,15H,7-10H2,1-3H3. The van der Waals surface area contributed by atoms with E-state index in [1.807, 2.05) is 35.1 Å². The third kappa shape index (κ3) is 3.78. The predicted molar refractivity (Wildman–Crippen MR) is 110 cm³/mol. The third-order valence-corrected chi connectivity index (χ3v) is 5.31. The molecule has 0 radical (unpaired) electrons. The maximum Gasteiger partial charge on any atom is 0.163 e. The van der Waals surface area contributed by atoms with E-state index < -0.39 is 0 Å². The Labute approximate surface area is 167 Å². The summed E-state index contributed by atoms with van der Waals surface area (Å²) in [6.45, 7) is 8.21. The average Bonchev–Trinajstić information content (AvgIpc) is 3.07. The van der Waals surface area contributed by atoms with Crippen molar-refractivity contribution in [3.05, 3.63) is 41.3 Å². The second-order valence-electron chi connectivity index (χ2n) is 7.92. The number of piperidine rings is 1. The first-order chi connectivity index (χ1) is 12.9. The largest absolute Gasteiger partial charge is 0.490 e. The summed E-state index contributed by atoms with van der Waals surface area (Å²) < 4.78 is 9.16. The summed E-state index contributed by atoms with van der Waals surface area (Å²) in [6.07, 6.45) is 5.69. The van der Waals surface area contributed by atoms with Gasteiger partial charge in [-0.25, -0.2) is 14.6 Å². The van der Waals surface area contributed by atoms with E-state index in [1.54, 1.807) is 6.33 Å². The minimum absolute atomic E-state index is 0.113. The van der Waals surface area contributed by atoms with Crippen LogP contribution in [0.15, 0.2) is 41.3 Å². The van der Waals surface area contributed by atoms with E-state index in [1.165, 1.54) is 0 Å². The number of aromatic nitrogens is 4. The lowest BCUT2D eigenvalue weighted by Crippen LogP contribution is -2.38. The molecule has 0 amide bonds. The Morgan fingerprint density at radius 1 is 1.15 bits per heavy atom. The maximum absolute atomic E-state index is 6.15. The van der Waals surface area contributed by atoms with Crippen molar-refractivity contribution < 1.29 is 4.74 Å². The first kappa shape index (κ1) is 18.2. The van der Waals surface area contributed by atoms with Crippen LogP contribution >= 0.6 is 15.9 Å². The molecule has 1 aliphatic heterocycles. The molecule has 1 saturated heterocycles. The molecule has 1 aliphatic rings. The van der Waals surface area contributed by atoms with Crippen molar-refractivity contribution in [2.24, 2.45) is 0 Å². The van der Waals surface area contributed by atoms with Gasteiger partial charge in [0.2, 0.25) is 0 Å². The number of nitrogens with zero attached hydrogens (tertiary/aromatic N) is 5. The molecule has 0 spiro atoms. The Balaban J connectivity index is 1.49. The van der Waals surface area contributed by atoms with Crippen LogP contribution in [0.25, 0.3) is 11.0 Å². The highest BCUT2D eigenvalue weighted by Gasteiger charge is 2.25. The molecule has 0 unspecified atom stereocenters. The molecule has 7 heteroatoms. The minimum Gasteiger partial charge on any atom is -0.490 e. The van der Waals surface area contributed by atoms with E-state index in [-0.39, 0.29) is 11.6 Å². The lowest BCUT2D eigenvalue weighted by molar-refractivity contribution is 0.170. The van der Waals surface area contributed by atoms with Gasteiger partial charge >= 0.3 is 0 Å². The van der Waals surface area contributed by atoms with Crippen LogP contribution in [-0.4, -0.2) is 38.9 Å². The summed E-state index contributed by atoms with van der Waals surface area (Å²) >= 11 is 3.50. The number of rotatable bonds is 3. The second-order valence-corrected chi connectivity index (χ2v) is 8.84. The molecular weight excluding hydrogens is 406 g/mol. The number of benzene rings is 1. The van der Waals surface area contributed by atoms with E-state index in [0.717, 1.165) is 53.0 Å². The van der Waals surface area contributed by atoms with Gasteiger partial charge in [-0.1, -0.05) is 22.0 Å². The van der Waals surface area contributed by atoms with Gasteiger partial charge in [0, 0.05) is 30.4 Å². The molecule has 3 aromatic rings. The fraction of sp³-hybridized carbons (Fsp3) is 0.450. The molecule has 4 rings (SSSR count). The number of hydrogen-bond donors (Lipinski definition) is 0. The van der Waals surface area contributed by atoms with E-state index in [2.05, 4.69) is 56.7 Å². The molecular formula is C20H24BrN5O. The first-order valence-corrected chi connectivity index (χ1v) is 10.1. The second kappa shape index (κ2) is 7.11. The van der Waals surface area contributed by atoms with Gasteiger partial charge < -0.3 is 9.64 Å². The molecule has 1 fully saturated rings. The molecule has 6 nitrogen and oxygen atoms in total. The van der Waals surface area contributed by atoms with Crippen molar-refractivity contribution in [1.29, 1.82) is 0 Å². The van der Waals surface area contributed by atoms with Crippen LogP contribution in [0.2, 0.25) is 0 Å². The minimum atomic E-state index is -0.113. The average molecular weight is 430 g/mol. The molecule has 0 atom stereocenters. The lowest BCUT2D eigenvalue weighted by atomic mass is 10.1. The van der Waals surface area contributed by atoms with Gasteiger partial charge in [0.15, 0.2) is 5.65 Å². The molecule has 0 saturated carbocycles. The van der Waals surface area contributed by atoms with E-state index >= 15 is 0 Å². The maximum atomic E-state index is 6.15. The summed E-state index contributed by atoms with van der Waals surface area (Å²) in [5.74, 6) is 1.88. The summed E-state index contributed by atoms with van der Waals surface area (Å²) in [5, 5.41) is 5.57. The van der Waals surface area contributed by atoms with Crippen molar-refractivity contribution in [3.63, 3.8) is 0 Å². The number of ether oxygens (including phenoxy) is 1. The number of hydrogen-bond acceptors (Lipinski definition) is 5. The molecule has 142 valence electrons. The van der Waals surface area contributed by atoms with Gasteiger partial charge in [0.25, 0.3) is 0 Å². The van der Waals surface area contributed by atoms with Crippen molar-refractivity contribution in [2.45, 2.75) is 45.3 Å². The number of fused-ring (bicyclic) bond motifs is 1. The zero-order valence-electron chi connectivity index (χ0n) is 15.9. The van der Waals surface area contributed by atoms with Crippen molar-refractivity contribution >= 4 is 32.8 Å². The predicted octanol–water partition coefficient (Wildman–Crippen LogP) is 4.39. The van der Waals surface area contributed by atoms with Crippen molar-refractivity contribution in [2.75, 3.05) is 18.0 Å². The van der Waals surface area contributed by atoms with Crippen LogP contribution in [0.5, 0.6) is 5.75 Å². The van der Waals surface area contributed by atoms with Gasteiger partial charge in [-0.2, -0.15) is 5.10 Å². The number of halogens is 1. The van der Waals surface area contributed by atoms with Crippen LogP contribution in [0.3, 0.4) is 0 Å². The van der Waals surface area contributed by atoms with Crippen LogP contribution in [-0.2, 0) is 5.54 Å². The normalized spacial score (nSPS) is 16.1. The molecule has 3 heterocycles. The lowest BCUT2D eigenvalue weighted by Gasteiger charge is -2.33. The van der Waals surface area contributed by atoms with Gasteiger partial charge in [0.1, 0.15) is 24.0 Å². The Morgan fingerprint density at radius 2 is 1.93 bits per heavy atom. The first-order valence-electron chi connectivity index (χ1n) is 9.28. The third-order valence-electron chi connectivity index (χ3n) is 4.82. The highest BCUT2D eigenvalue weighted by atomic mass is 79.9. The van der Waals surface area contributed by atoms with Crippen LogP contribution in [0, 0.1) is 0 Å². The monoisotopic (exact) mass is 429 g/mol. The van der Waals surface area contributed by atoms with Crippen LogP contribution in [0.4, 0.5) is 5.82 Å². The van der Waals surface area contributed by atoms with Crippen molar-refractivity contribution in [3.8, 4) is 5.75 Å². The van der Waals surface area contributed by atoms with E-state index in [4.69, 9.17) is 4.74 Å². The Hall–Kier alpha value is -2.15. The molecule has 0 N–H and O–H groups in total. The highest BCUT2D eigenvalue weighted by molar-refractivity contribution is 9.10. The van der Waals surface area contributed by atoms with Gasteiger partial charge in [0.05, 0.1) is 17.1 Å². The topological polar surface area (TPSA) is 56.1 Å². The summed E-state index contributed by atoms with van der Waals surface area (Å²) in [6, 6.07) is 8.03. The fourth-order valence-electron chi connectivity index (χ4n) is 3.49. The van der Waals surface area contributed by atoms with Gasteiger partial charge in [-0.15, -0.1) is 0 Å². The van der Waals surface area contributed by atoms with Crippen LogP contribution in [0.1, 0.15) is 33.6 Å². The van der Waals surface area contributed by atoms with Crippen molar-refractivity contribution in [1.82, 2.24) is 19.7 Å². The molecule has 0 aliphatic carbocycles. The summed E-state index contributed by atoms with van der Waals surface area (Å²) in [5.41, 5.74) is 0.776. The molecule has 2 aromatic heterocycles. The fourth-order valence-corrected chi connectivity index (χ4v) is 3.87. The number of anilines is 1. The van der Waals surface area contributed by atoms with Gasteiger partial charge in [-0.3, -0.25) is 0 Å². The van der Waals surface area contributed by atoms with Crippen LogP contribution < -0.4 is 9.64 Å². The Morgan fingerprint density at radius 3 is 2.63 bits per heavy atom. The zero-order chi connectivity index (χ0) is 19.0. The molecule has 27 heavy (non-hydrogen) atoms. The molecule has 1 aromatic carbocycles. The Bertz CT molecular complexity index is 941. The Kier molecular flexibility index (Phi) is 4.80. The summed E-state index contributed by atoms with van der Waals surface area (Å²) in [4.78, 5) is 11.4. The quantitative estimate of drug-likeness (QED) is 0.617.